The molecule has 0 radical (unpaired) electrons. The highest BCUT2D eigenvalue weighted by molar-refractivity contribution is 5.77. The summed E-state index contributed by atoms with van der Waals surface area (Å²) >= 11 is 0. The molecule has 82 valence electrons. The Bertz CT molecular complexity index is 410. The topological polar surface area (TPSA) is 56.1 Å². The number of urea groups is 1. The van der Waals surface area contributed by atoms with Crippen molar-refractivity contribution in [1.82, 2.24) is 10.2 Å². The van der Waals surface area contributed by atoms with Crippen molar-refractivity contribution in [1.29, 1.82) is 5.26 Å². The fourth-order valence-electron chi connectivity index (χ4n) is 1.84. The summed E-state index contributed by atoms with van der Waals surface area (Å²) in [5, 5.41) is 11.4. The van der Waals surface area contributed by atoms with Gasteiger partial charge in [-0.1, -0.05) is 30.3 Å². The van der Waals surface area contributed by atoms with E-state index in [1.54, 1.807) is 4.90 Å². The molecular formula is C12H13N3O. The number of nitriles is 1. The molecule has 1 aromatic carbocycles. The number of nitrogens with one attached hydrogen (secondary N) is 1. The Morgan fingerprint density at radius 2 is 2.19 bits per heavy atom. The van der Waals surface area contributed by atoms with Crippen LogP contribution in [0.25, 0.3) is 0 Å². The van der Waals surface area contributed by atoms with Gasteiger partial charge in [0.05, 0.1) is 18.5 Å². The first-order chi connectivity index (χ1) is 7.81. The molecule has 1 unspecified atom stereocenters. The molecule has 2 amide bonds. The molecule has 0 aromatic heterocycles. The zero-order chi connectivity index (χ0) is 11.4. The highest BCUT2D eigenvalue weighted by atomic mass is 16.2. The smallest absolute Gasteiger partial charge is 0.318 e. The van der Waals surface area contributed by atoms with Crippen LogP contribution in [0.3, 0.4) is 0 Å². The van der Waals surface area contributed by atoms with Crippen molar-refractivity contribution in [2.24, 2.45) is 0 Å². The van der Waals surface area contributed by atoms with Gasteiger partial charge in [-0.05, 0) is 5.56 Å². The Hall–Kier alpha value is -2.02. The highest BCUT2D eigenvalue weighted by Gasteiger charge is 2.28. The lowest BCUT2D eigenvalue weighted by molar-refractivity contribution is 0.218. The average molecular weight is 215 g/mol. The molecule has 1 aliphatic heterocycles. The Morgan fingerprint density at radius 1 is 1.44 bits per heavy atom. The van der Waals surface area contributed by atoms with E-state index < -0.39 is 0 Å². The Balaban J connectivity index is 2.02. The van der Waals surface area contributed by atoms with Crippen LogP contribution < -0.4 is 5.32 Å². The van der Waals surface area contributed by atoms with E-state index in [1.807, 2.05) is 36.4 Å². The van der Waals surface area contributed by atoms with Crippen LogP contribution in [0.15, 0.2) is 30.3 Å². The molecule has 0 aliphatic carbocycles. The van der Waals surface area contributed by atoms with Gasteiger partial charge < -0.3 is 10.2 Å². The molecule has 0 bridgehead atoms. The monoisotopic (exact) mass is 215 g/mol. The first-order valence-electron chi connectivity index (χ1n) is 5.28. The van der Waals surface area contributed by atoms with Crippen LogP contribution in [0, 0.1) is 11.3 Å². The summed E-state index contributed by atoms with van der Waals surface area (Å²) in [6, 6.07) is 11.9. The SMILES string of the molecule is N#CCCN1CC(c2ccccc2)NC1=O. The molecule has 1 fully saturated rings. The number of nitrogens with zero attached hydrogens (tertiary/aromatic N) is 2. The van der Waals surface area contributed by atoms with E-state index in [4.69, 9.17) is 5.26 Å². The fourth-order valence-corrected chi connectivity index (χ4v) is 1.84. The van der Waals surface area contributed by atoms with Crippen molar-refractivity contribution in [3.05, 3.63) is 35.9 Å². The van der Waals surface area contributed by atoms with Crippen LogP contribution >= 0.6 is 0 Å². The highest BCUT2D eigenvalue weighted by Crippen LogP contribution is 2.19. The van der Waals surface area contributed by atoms with Crippen LogP contribution in [-0.4, -0.2) is 24.0 Å². The average Bonchev–Trinajstić information content (AvgIpc) is 2.69. The fraction of sp³-hybridized carbons (Fsp3) is 0.333. The number of hydrogen-bond donors (Lipinski definition) is 1. The molecule has 0 spiro atoms. The van der Waals surface area contributed by atoms with Gasteiger partial charge in [0.1, 0.15) is 0 Å². The van der Waals surface area contributed by atoms with Crippen molar-refractivity contribution in [3.63, 3.8) is 0 Å². The standard InChI is InChI=1S/C12H13N3O/c13-7-4-8-15-9-11(14-12(15)16)10-5-2-1-3-6-10/h1-3,5-6,11H,4,8-9H2,(H,14,16). The van der Waals surface area contributed by atoms with Gasteiger partial charge in [-0.25, -0.2) is 4.79 Å². The third-order valence-corrected chi connectivity index (χ3v) is 2.68. The molecule has 1 N–H and O–H groups in total. The van der Waals surface area contributed by atoms with Crippen LogP contribution in [0.5, 0.6) is 0 Å². The van der Waals surface area contributed by atoms with E-state index in [-0.39, 0.29) is 12.1 Å². The van der Waals surface area contributed by atoms with Gasteiger partial charge >= 0.3 is 6.03 Å². The zero-order valence-electron chi connectivity index (χ0n) is 8.89. The maximum absolute atomic E-state index is 11.6. The zero-order valence-corrected chi connectivity index (χ0v) is 8.89. The van der Waals surface area contributed by atoms with Gasteiger partial charge in [-0.15, -0.1) is 0 Å². The van der Waals surface area contributed by atoms with Gasteiger partial charge in [0.2, 0.25) is 0 Å². The molecule has 1 saturated heterocycles. The molecule has 4 heteroatoms. The van der Waals surface area contributed by atoms with E-state index >= 15 is 0 Å². The van der Waals surface area contributed by atoms with E-state index in [2.05, 4.69) is 5.32 Å². The van der Waals surface area contributed by atoms with Crippen LogP contribution in [0.1, 0.15) is 18.0 Å². The minimum absolute atomic E-state index is 0.0485. The summed E-state index contributed by atoms with van der Waals surface area (Å²) in [4.78, 5) is 13.3. The second-order valence-electron chi connectivity index (χ2n) is 3.77. The lowest BCUT2D eigenvalue weighted by atomic mass is 10.1. The van der Waals surface area contributed by atoms with Crippen LogP contribution in [0.2, 0.25) is 0 Å². The normalized spacial score (nSPS) is 19.3. The number of carbonyl (C=O) groups is 1. The Morgan fingerprint density at radius 3 is 2.88 bits per heavy atom. The van der Waals surface area contributed by atoms with Crippen molar-refractivity contribution in [2.45, 2.75) is 12.5 Å². The molecule has 1 aliphatic rings. The second kappa shape index (κ2) is 4.67. The summed E-state index contributed by atoms with van der Waals surface area (Å²) in [6.45, 7) is 1.15. The lowest BCUT2D eigenvalue weighted by Crippen LogP contribution is -2.28. The minimum atomic E-state index is -0.0795. The Kier molecular flexibility index (Phi) is 3.06. The maximum Gasteiger partial charge on any atom is 0.318 e. The number of rotatable bonds is 3. The van der Waals surface area contributed by atoms with Gasteiger partial charge in [-0.2, -0.15) is 5.26 Å². The number of amides is 2. The van der Waals surface area contributed by atoms with E-state index in [0.717, 1.165) is 5.56 Å². The third kappa shape index (κ3) is 2.14. The molecule has 2 rings (SSSR count). The van der Waals surface area contributed by atoms with Crippen LogP contribution in [-0.2, 0) is 0 Å². The van der Waals surface area contributed by atoms with Crippen molar-refractivity contribution >= 4 is 6.03 Å². The maximum atomic E-state index is 11.6. The summed E-state index contributed by atoms with van der Waals surface area (Å²) in [5.74, 6) is 0. The van der Waals surface area contributed by atoms with E-state index in [9.17, 15) is 4.79 Å². The number of hydrogen-bond acceptors (Lipinski definition) is 2. The predicted molar refractivity (Wildman–Crippen MR) is 59.5 cm³/mol. The summed E-state index contributed by atoms with van der Waals surface area (Å²) in [7, 11) is 0. The predicted octanol–water partition coefficient (Wildman–Crippen LogP) is 1.67. The quantitative estimate of drug-likeness (QED) is 0.833. The molecular weight excluding hydrogens is 202 g/mol. The summed E-state index contributed by atoms with van der Waals surface area (Å²) in [6.07, 6.45) is 0.384. The second-order valence-corrected chi connectivity index (χ2v) is 3.77. The molecule has 1 atom stereocenters. The molecule has 1 aromatic rings. The first-order valence-corrected chi connectivity index (χ1v) is 5.28. The largest absolute Gasteiger partial charge is 0.329 e. The van der Waals surface area contributed by atoms with Crippen molar-refractivity contribution in [3.8, 4) is 6.07 Å². The molecule has 16 heavy (non-hydrogen) atoms. The van der Waals surface area contributed by atoms with Gasteiger partial charge in [-0.3, -0.25) is 0 Å². The minimum Gasteiger partial charge on any atom is -0.329 e. The molecule has 4 nitrogen and oxygen atoms in total. The third-order valence-electron chi connectivity index (χ3n) is 2.68. The first kappa shape index (κ1) is 10.5. The van der Waals surface area contributed by atoms with Crippen molar-refractivity contribution < 1.29 is 4.79 Å². The van der Waals surface area contributed by atoms with E-state index in [0.29, 0.717) is 19.5 Å². The lowest BCUT2D eigenvalue weighted by Gasteiger charge is -2.12. The van der Waals surface area contributed by atoms with Gasteiger partial charge in [0, 0.05) is 13.1 Å². The van der Waals surface area contributed by atoms with Crippen molar-refractivity contribution in [2.75, 3.05) is 13.1 Å². The number of carbonyl (C=O) groups excluding carboxylic acids is 1. The van der Waals surface area contributed by atoms with Crippen LogP contribution in [0.4, 0.5) is 4.79 Å². The number of benzene rings is 1. The summed E-state index contributed by atoms with van der Waals surface area (Å²) < 4.78 is 0. The Labute approximate surface area is 94.5 Å². The molecule has 0 saturated carbocycles. The van der Waals surface area contributed by atoms with Gasteiger partial charge in [0.15, 0.2) is 0 Å². The summed E-state index contributed by atoms with van der Waals surface area (Å²) in [5.41, 5.74) is 1.11. The molecule has 1 heterocycles. The van der Waals surface area contributed by atoms with Gasteiger partial charge in [0.25, 0.3) is 0 Å². The van der Waals surface area contributed by atoms with E-state index in [1.165, 1.54) is 0 Å².